The highest BCUT2D eigenvalue weighted by molar-refractivity contribution is 7.89. The number of fused-ring (bicyclic) bond motifs is 1. The number of rotatable bonds is 6. The number of sulfonamides is 1. The first-order valence-electron chi connectivity index (χ1n) is 11.4. The molecule has 2 amide bonds. The van der Waals surface area contributed by atoms with Crippen LogP contribution in [0.4, 0.5) is 0 Å². The van der Waals surface area contributed by atoms with Gasteiger partial charge in [-0.25, -0.2) is 8.42 Å². The first-order valence-corrected chi connectivity index (χ1v) is 12.9. The average molecular weight is 490 g/mol. The van der Waals surface area contributed by atoms with E-state index in [-0.39, 0.29) is 11.3 Å². The van der Waals surface area contributed by atoms with Gasteiger partial charge in [0.25, 0.3) is 5.91 Å². The quantitative estimate of drug-likeness (QED) is 0.442. The van der Waals surface area contributed by atoms with Crippen LogP contribution < -0.4 is 15.4 Å². The number of Topliss-reactive ketones (excluding diaryl/α,β-unsaturated/α-hetero) is 1. The molecule has 1 aromatic heterocycles. The van der Waals surface area contributed by atoms with Crippen LogP contribution in [-0.2, 0) is 37.2 Å². The number of nitrogens with one attached hydrogen (secondary N) is 4. The van der Waals surface area contributed by atoms with E-state index in [2.05, 4.69) is 25.6 Å². The van der Waals surface area contributed by atoms with Gasteiger partial charge in [0.1, 0.15) is 6.04 Å². The van der Waals surface area contributed by atoms with Gasteiger partial charge in [-0.15, -0.1) is 0 Å². The standard InChI is InChI=1S/C23H31N5O5S/c1-15(2)20(28-34(32,33)17-9-4-3-5-10-17)22(30)26-19-11-6-8-16-14-25-27-18(16)12-7-13-24-23(31)21(19)29/h3-5,9-10,14-15,19-20,28H,6-8,11-13H2,1-2H3,(H,24,31)(H,25,27)(H,26,30). The van der Waals surface area contributed by atoms with Gasteiger partial charge < -0.3 is 10.6 Å². The Morgan fingerprint density at radius 1 is 1.12 bits per heavy atom. The van der Waals surface area contributed by atoms with Gasteiger partial charge in [0, 0.05) is 12.2 Å². The van der Waals surface area contributed by atoms with E-state index in [1.54, 1.807) is 38.2 Å². The molecule has 2 atom stereocenters. The Kier molecular flexibility index (Phi) is 8.56. The zero-order chi connectivity index (χ0) is 24.7. The maximum atomic E-state index is 13.1. The lowest BCUT2D eigenvalue weighted by Gasteiger charge is -2.25. The molecule has 2 heterocycles. The molecule has 0 spiro atoms. The summed E-state index contributed by atoms with van der Waals surface area (Å²) in [6.07, 6.45) is 4.52. The van der Waals surface area contributed by atoms with Crippen molar-refractivity contribution < 1.29 is 22.8 Å². The molecule has 4 N–H and O–H groups in total. The third-order valence-corrected chi connectivity index (χ3v) is 7.23. The number of amides is 2. The topological polar surface area (TPSA) is 150 Å². The molecule has 2 unspecified atom stereocenters. The van der Waals surface area contributed by atoms with Gasteiger partial charge in [0.15, 0.2) is 0 Å². The van der Waals surface area contributed by atoms with Crippen LogP contribution in [0.25, 0.3) is 0 Å². The molecule has 2 aromatic rings. The summed E-state index contributed by atoms with van der Waals surface area (Å²) >= 11 is 0. The Bertz CT molecular complexity index is 1110. The summed E-state index contributed by atoms with van der Waals surface area (Å²) in [5, 5.41) is 12.3. The van der Waals surface area contributed by atoms with E-state index >= 15 is 0 Å². The molecule has 1 aliphatic heterocycles. The third-order valence-electron chi connectivity index (χ3n) is 5.78. The summed E-state index contributed by atoms with van der Waals surface area (Å²) in [5.74, 6) is -2.56. The first kappa shape index (κ1) is 25.6. The average Bonchev–Trinajstić information content (AvgIpc) is 3.25. The smallest absolute Gasteiger partial charge is 0.289 e. The van der Waals surface area contributed by atoms with E-state index in [0.717, 1.165) is 11.3 Å². The highest BCUT2D eigenvalue weighted by atomic mass is 32.2. The maximum absolute atomic E-state index is 13.1. The van der Waals surface area contributed by atoms with E-state index in [9.17, 15) is 22.8 Å². The number of carbonyl (C=O) groups excluding carboxylic acids is 3. The number of hydrogen-bond acceptors (Lipinski definition) is 6. The number of aromatic amines is 1. The van der Waals surface area contributed by atoms with Crippen molar-refractivity contribution in [3.05, 3.63) is 47.8 Å². The molecule has 34 heavy (non-hydrogen) atoms. The van der Waals surface area contributed by atoms with E-state index in [1.165, 1.54) is 12.1 Å². The highest BCUT2D eigenvalue weighted by Crippen LogP contribution is 2.15. The van der Waals surface area contributed by atoms with Crippen molar-refractivity contribution in [3.8, 4) is 0 Å². The highest BCUT2D eigenvalue weighted by Gasteiger charge is 2.33. The van der Waals surface area contributed by atoms with Crippen molar-refractivity contribution in [1.82, 2.24) is 25.6 Å². The second kappa shape index (κ2) is 11.4. The van der Waals surface area contributed by atoms with Gasteiger partial charge in [-0.1, -0.05) is 32.0 Å². The Labute approximate surface area is 199 Å². The summed E-state index contributed by atoms with van der Waals surface area (Å²) in [7, 11) is -3.96. The van der Waals surface area contributed by atoms with Crippen molar-refractivity contribution in [2.24, 2.45) is 5.92 Å². The number of nitrogens with zero attached hydrogens (tertiary/aromatic N) is 1. The van der Waals surface area contributed by atoms with Crippen LogP contribution in [0, 0.1) is 5.92 Å². The van der Waals surface area contributed by atoms with Crippen LogP contribution >= 0.6 is 0 Å². The molecule has 0 fully saturated rings. The fraction of sp³-hybridized carbons (Fsp3) is 0.478. The van der Waals surface area contributed by atoms with Crippen LogP contribution in [0.3, 0.4) is 0 Å². The number of H-pyrrole nitrogens is 1. The summed E-state index contributed by atoms with van der Waals surface area (Å²) in [6, 6.07) is 5.55. The minimum absolute atomic E-state index is 0.0332. The summed E-state index contributed by atoms with van der Waals surface area (Å²) < 4.78 is 28.0. The first-order chi connectivity index (χ1) is 16.2. The lowest BCUT2D eigenvalue weighted by Crippen LogP contribution is -2.55. The molecule has 0 aliphatic carbocycles. The number of hydrogen-bond donors (Lipinski definition) is 4. The number of aromatic nitrogens is 2. The zero-order valence-electron chi connectivity index (χ0n) is 19.3. The summed E-state index contributed by atoms with van der Waals surface area (Å²) in [6.45, 7) is 3.72. The van der Waals surface area contributed by atoms with Gasteiger partial charge in [-0.2, -0.15) is 9.82 Å². The molecular formula is C23H31N5O5S. The normalized spacial score (nSPS) is 18.9. The van der Waals surface area contributed by atoms with Crippen LogP contribution in [0.5, 0.6) is 0 Å². The number of ketones is 1. The van der Waals surface area contributed by atoms with Gasteiger partial charge >= 0.3 is 0 Å². The van der Waals surface area contributed by atoms with E-state index in [1.807, 2.05) is 0 Å². The second-order valence-electron chi connectivity index (χ2n) is 8.71. The third kappa shape index (κ3) is 6.51. The molecule has 0 saturated heterocycles. The number of carbonyl (C=O) groups is 3. The Morgan fingerprint density at radius 3 is 2.56 bits per heavy atom. The van der Waals surface area contributed by atoms with Crippen molar-refractivity contribution in [2.75, 3.05) is 6.54 Å². The molecule has 11 heteroatoms. The molecule has 1 aliphatic rings. The molecule has 0 bridgehead atoms. The number of benzene rings is 1. The molecule has 0 saturated carbocycles. The van der Waals surface area contributed by atoms with Crippen LogP contribution in [0.1, 0.15) is 44.4 Å². The molecule has 0 radical (unpaired) electrons. The van der Waals surface area contributed by atoms with Gasteiger partial charge in [-0.05, 0) is 55.7 Å². The second-order valence-corrected chi connectivity index (χ2v) is 10.4. The van der Waals surface area contributed by atoms with E-state index < -0.39 is 45.6 Å². The minimum Gasteiger partial charge on any atom is -0.349 e. The fourth-order valence-electron chi connectivity index (χ4n) is 3.84. The predicted octanol–water partition coefficient (Wildman–Crippen LogP) is 0.852. The van der Waals surface area contributed by atoms with Crippen LogP contribution in [0.2, 0.25) is 0 Å². The monoisotopic (exact) mass is 489 g/mol. The summed E-state index contributed by atoms with van der Waals surface area (Å²) in [5.41, 5.74) is 2.04. The zero-order valence-corrected chi connectivity index (χ0v) is 20.2. The van der Waals surface area contributed by atoms with Crippen molar-refractivity contribution in [3.63, 3.8) is 0 Å². The van der Waals surface area contributed by atoms with Crippen LogP contribution in [-0.4, -0.2) is 54.8 Å². The molecule has 1 aromatic carbocycles. The van der Waals surface area contributed by atoms with E-state index in [0.29, 0.717) is 32.2 Å². The van der Waals surface area contributed by atoms with Crippen molar-refractivity contribution in [2.45, 2.75) is 62.9 Å². The fourth-order valence-corrected chi connectivity index (χ4v) is 5.20. The minimum atomic E-state index is -3.96. The number of aryl methyl sites for hydroxylation is 2. The van der Waals surface area contributed by atoms with Gasteiger partial charge in [0.05, 0.1) is 17.1 Å². The van der Waals surface area contributed by atoms with E-state index in [4.69, 9.17) is 0 Å². The van der Waals surface area contributed by atoms with Crippen molar-refractivity contribution >= 4 is 27.6 Å². The Morgan fingerprint density at radius 2 is 1.85 bits per heavy atom. The van der Waals surface area contributed by atoms with Crippen molar-refractivity contribution in [1.29, 1.82) is 0 Å². The molecule has 10 nitrogen and oxygen atoms in total. The lowest BCUT2D eigenvalue weighted by atomic mass is 9.98. The largest absolute Gasteiger partial charge is 0.349 e. The lowest BCUT2D eigenvalue weighted by molar-refractivity contribution is -0.140. The van der Waals surface area contributed by atoms with Gasteiger partial charge in [-0.3, -0.25) is 19.5 Å². The summed E-state index contributed by atoms with van der Waals surface area (Å²) in [4.78, 5) is 38.3. The molecular weight excluding hydrogens is 458 g/mol. The molecule has 3 rings (SSSR count). The SMILES string of the molecule is CC(C)C(NS(=O)(=O)c1ccccc1)C(=O)NC1CCCc2cn[nH]c2CCCNC(=O)C1=O. The van der Waals surface area contributed by atoms with Crippen LogP contribution in [0.15, 0.2) is 41.4 Å². The van der Waals surface area contributed by atoms with Gasteiger partial charge in [0.2, 0.25) is 21.7 Å². The molecule has 184 valence electrons. The Balaban J connectivity index is 1.75. The maximum Gasteiger partial charge on any atom is 0.289 e. The predicted molar refractivity (Wildman–Crippen MR) is 125 cm³/mol. The Hall–Kier alpha value is -3.05.